The molecule has 4 nitrogen and oxygen atoms in total. The second-order valence-corrected chi connectivity index (χ2v) is 4.75. The third-order valence-electron chi connectivity index (χ3n) is 3.36. The molecule has 4 heteroatoms. The van der Waals surface area contributed by atoms with E-state index in [1.165, 1.54) is 0 Å². The van der Waals surface area contributed by atoms with Gasteiger partial charge in [0, 0.05) is 0 Å². The van der Waals surface area contributed by atoms with E-state index in [9.17, 15) is 0 Å². The number of para-hydroxylation sites is 2. The van der Waals surface area contributed by atoms with E-state index in [0.717, 1.165) is 29.6 Å². The first-order chi connectivity index (χ1) is 8.74. The maximum Gasteiger partial charge on any atom is 0.0890 e. The van der Waals surface area contributed by atoms with E-state index in [0.29, 0.717) is 5.92 Å². The van der Waals surface area contributed by atoms with Crippen LogP contribution in [0.15, 0.2) is 30.5 Å². The Balaban J connectivity index is 2.27. The first kappa shape index (κ1) is 12.9. The van der Waals surface area contributed by atoms with Crippen molar-refractivity contribution in [3.05, 3.63) is 36.2 Å². The molecule has 3 N–H and O–H groups in total. The molecule has 0 aliphatic rings. The second-order valence-electron chi connectivity index (χ2n) is 4.75. The van der Waals surface area contributed by atoms with Crippen LogP contribution in [0.1, 0.15) is 38.4 Å². The molecule has 2 rings (SSSR count). The van der Waals surface area contributed by atoms with Crippen LogP contribution >= 0.6 is 0 Å². The molecule has 2 aromatic rings. The average molecular weight is 244 g/mol. The summed E-state index contributed by atoms with van der Waals surface area (Å²) in [6, 6.07) is 7.94. The Morgan fingerprint density at radius 2 is 2.00 bits per heavy atom. The summed E-state index contributed by atoms with van der Waals surface area (Å²) in [5.41, 5.74) is 5.59. The predicted molar refractivity (Wildman–Crippen MR) is 73.7 cm³/mol. The highest BCUT2D eigenvalue weighted by Crippen LogP contribution is 2.21. The molecule has 2 atom stereocenters. The number of benzene rings is 1. The average Bonchev–Trinajstić information content (AvgIpc) is 2.44. The molecule has 0 saturated carbocycles. The van der Waals surface area contributed by atoms with Gasteiger partial charge in [-0.05, 0) is 24.5 Å². The highest BCUT2D eigenvalue weighted by atomic mass is 15.2. The first-order valence-electron chi connectivity index (χ1n) is 6.42. The summed E-state index contributed by atoms with van der Waals surface area (Å²) in [6.07, 6.45) is 3.93. The van der Waals surface area contributed by atoms with E-state index in [1.807, 2.05) is 30.5 Å². The number of fused-ring (bicyclic) bond motifs is 1. The highest BCUT2D eigenvalue weighted by Gasteiger charge is 2.15. The van der Waals surface area contributed by atoms with Crippen molar-refractivity contribution in [1.82, 2.24) is 15.4 Å². The number of nitrogens with zero attached hydrogens (tertiary/aromatic N) is 2. The van der Waals surface area contributed by atoms with Gasteiger partial charge in [0.05, 0.1) is 29.0 Å². The Kier molecular flexibility index (Phi) is 4.23. The smallest absolute Gasteiger partial charge is 0.0890 e. The Hall–Kier alpha value is -1.52. The number of rotatable bonds is 5. The molecule has 0 aliphatic heterocycles. The summed E-state index contributed by atoms with van der Waals surface area (Å²) < 4.78 is 0. The molecule has 0 fully saturated rings. The molecule has 18 heavy (non-hydrogen) atoms. The van der Waals surface area contributed by atoms with Crippen molar-refractivity contribution in [2.24, 2.45) is 11.8 Å². The fourth-order valence-corrected chi connectivity index (χ4v) is 1.98. The third kappa shape index (κ3) is 2.83. The van der Waals surface area contributed by atoms with Gasteiger partial charge in [-0.2, -0.15) is 0 Å². The van der Waals surface area contributed by atoms with Crippen LogP contribution in [-0.2, 0) is 0 Å². The monoisotopic (exact) mass is 244 g/mol. The van der Waals surface area contributed by atoms with E-state index in [4.69, 9.17) is 5.84 Å². The predicted octanol–water partition coefficient (Wildman–Crippen LogP) is 2.57. The fourth-order valence-electron chi connectivity index (χ4n) is 1.98. The van der Waals surface area contributed by atoms with Gasteiger partial charge in [-0.3, -0.25) is 16.3 Å². The number of hydrazine groups is 1. The van der Waals surface area contributed by atoms with Gasteiger partial charge < -0.3 is 0 Å². The second kappa shape index (κ2) is 5.89. The standard InChI is InChI=1S/C14H20N4/c1-3-10(2)8-13(18-15)14-9-16-11-6-4-5-7-12(11)17-14/h4-7,9-10,13,18H,3,8,15H2,1-2H3. The highest BCUT2D eigenvalue weighted by molar-refractivity contribution is 5.73. The van der Waals surface area contributed by atoms with Gasteiger partial charge in [0.1, 0.15) is 0 Å². The lowest BCUT2D eigenvalue weighted by Crippen LogP contribution is -2.30. The summed E-state index contributed by atoms with van der Waals surface area (Å²) in [4.78, 5) is 9.05. The van der Waals surface area contributed by atoms with E-state index < -0.39 is 0 Å². The minimum Gasteiger partial charge on any atom is -0.271 e. The Morgan fingerprint density at radius 3 is 2.67 bits per heavy atom. The van der Waals surface area contributed by atoms with Crippen molar-refractivity contribution in [1.29, 1.82) is 0 Å². The van der Waals surface area contributed by atoms with Crippen LogP contribution in [0.3, 0.4) is 0 Å². The maximum atomic E-state index is 5.63. The van der Waals surface area contributed by atoms with Gasteiger partial charge in [0.25, 0.3) is 0 Å². The molecule has 0 saturated heterocycles. The van der Waals surface area contributed by atoms with Crippen molar-refractivity contribution >= 4 is 11.0 Å². The maximum absolute atomic E-state index is 5.63. The van der Waals surface area contributed by atoms with Crippen LogP contribution in [0, 0.1) is 5.92 Å². The van der Waals surface area contributed by atoms with Gasteiger partial charge in [0.2, 0.25) is 0 Å². The van der Waals surface area contributed by atoms with Crippen molar-refractivity contribution < 1.29 is 0 Å². The lowest BCUT2D eigenvalue weighted by atomic mass is 9.98. The molecular formula is C14H20N4. The molecule has 0 bridgehead atoms. The minimum absolute atomic E-state index is 0.0667. The zero-order chi connectivity index (χ0) is 13.0. The van der Waals surface area contributed by atoms with Crippen LogP contribution in [0.4, 0.5) is 0 Å². The van der Waals surface area contributed by atoms with Crippen molar-refractivity contribution in [2.75, 3.05) is 0 Å². The van der Waals surface area contributed by atoms with Gasteiger partial charge in [-0.25, -0.2) is 4.98 Å². The van der Waals surface area contributed by atoms with Gasteiger partial charge in [0.15, 0.2) is 0 Å². The van der Waals surface area contributed by atoms with Crippen LogP contribution in [0.5, 0.6) is 0 Å². The van der Waals surface area contributed by atoms with E-state index in [-0.39, 0.29) is 6.04 Å². The molecule has 0 aliphatic carbocycles. The van der Waals surface area contributed by atoms with Crippen LogP contribution < -0.4 is 11.3 Å². The number of nitrogens with one attached hydrogen (secondary N) is 1. The molecule has 1 aromatic heterocycles. The molecule has 0 spiro atoms. The Labute approximate surface area is 108 Å². The quantitative estimate of drug-likeness (QED) is 0.626. The lowest BCUT2D eigenvalue weighted by Gasteiger charge is -2.18. The molecule has 1 heterocycles. The SMILES string of the molecule is CCC(C)CC(NN)c1cnc2ccccc2n1. The summed E-state index contributed by atoms with van der Waals surface area (Å²) in [6.45, 7) is 4.41. The van der Waals surface area contributed by atoms with Gasteiger partial charge in [-0.1, -0.05) is 32.4 Å². The van der Waals surface area contributed by atoms with Crippen LogP contribution in [-0.4, -0.2) is 9.97 Å². The number of aromatic nitrogens is 2. The van der Waals surface area contributed by atoms with Crippen LogP contribution in [0.2, 0.25) is 0 Å². The molecule has 0 amide bonds. The Morgan fingerprint density at radius 1 is 1.28 bits per heavy atom. The van der Waals surface area contributed by atoms with Gasteiger partial charge in [-0.15, -0.1) is 0 Å². The molecule has 0 radical (unpaired) electrons. The van der Waals surface area contributed by atoms with Crippen LogP contribution in [0.25, 0.3) is 11.0 Å². The van der Waals surface area contributed by atoms with Crippen molar-refractivity contribution in [3.63, 3.8) is 0 Å². The number of hydrogen-bond donors (Lipinski definition) is 2. The summed E-state index contributed by atoms with van der Waals surface area (Å²) >= 11 is 0. The largest absolute Gasteiger partial charge is 0.271 e. The zero-order valence-electron chi connectivity index (χ0n) is 10.9. The lowest BCUT2D eigenvalue weighted by molar-refractivity contribution is 0.401. The van der Waals surface area contributed by atoms with E-state index in [2.05, 4.69) is 29.2 Å². The Bertz CT molecular complexity index is 512. The van der Waals surface area contributed by atoms with Gasteiger partial charge >= 0.3 is 0 Å². The summed E-state index contributed by atoms with van der Waals surface area (Å²) in [5.74, 6) is 6.24. The summed E-state index contributed by atoms with van der Waals surface area (Å²) in [5, 5.41) is 0. The molecular weight excluding hydrogens is 224 g/mol. The first-order valence-corrected chi connectivity index (χ1v) is 6.42. The zero-order valence-corrected chi connectivity index (χ0v) is 10.9. The molecule has 2 unspecified atom stereocenters. The minimum atomic E-state index is 0.0667. The number of nitrogens with two attached hydrogens (primary N) is 1. The van der Waals surface area contributed by atoms with E-state index >= 15 is 0 Å². The summed E-state index contributed by atoms with van der Waals surface area (Å²) in [7, 11) is 0. The normalized spacial score (nSPS) is 14.6. The molecule has 96 valence electrons. The fraction of sp³-hybridized carbons (Fsp3) is 0.429. The molecule has 1 aromatic carbocycles. The van der Waals surface area contributed by atoms with Crippen molar-refractivity contribution in [2.45, 2.75) is 32.7 Å². The van der Waals surface area contributed by atoms with E-state index in [1.54, 1.807) is 0 Å². The topological polar surface area (TPSA) is 63.8 Å². The number of hydrogen-bond acceptors (Lipinski definition) is 4. The van der Waals surface area contributed by atoms with Crippen molar-refractivity contribution in [3.8, 4) is 0 Å². The third-order valence-corrected chi connectivity index (χ3v) is 3.36.